The fraction of sp³-hybridized carbons (Fsp3) is 0.667. The van der Waals surface area contributed by atoms with Crippen molar-refractivity contribution in [1.82, 2.24) is 0 Å². The van der Waals surface area contributed by atoms with Gasteiger partial charge in [0.25, 0.3) is 0 Å². The van der Waals surface area contributed by atoms with E-state index in [2.05, 4.69) is 19.9 Å². The molecule has 0 bridgehead atoms. The fourth-order valence-corrected chi connectivity index (χ4v) is 2.92. The van der Waals surface area contributed by atoms with E-state index in [0.29, 0.717) is 0 Å². The van der Waals surface area contributed by atoms with Crippen molar-refractivity contribution in [2.75, 3.05) is 0 Å². The Hall–Kier alpha value is -0.340. The second-order valence-corrected chi connectivity index (χ2v) is 5.87. The number of thiophene rings is 1. The van der Waals surface area contributed by atoms with Gasteiger partial charge in [-0.25, -0.2) is 0 Å². The molecule has 0 saturated heterocycles. The highest BCUT2D eigenvalue weighted by molar-refractivity contribution is 7.12. The molecule has 1 nitrogen and oxygen atoms in total. The molecule has 14 heavy (non-hydrogen) atoms. The maximum absolute atomic E-state index is 10.00. The van der Waals surface area contributed by atoms with Gasteiger partial charge < -0.3 is 5.11 Å². The molecule has 1 aromatic heterocycles. The predicted molar refractivity (Wildman–Crippen MR) is 60.7 cm³/mol. The lowest BCUT2D eigenvalue weighted by atomic mass is 10.0. The van der Waals surface area contributed by atoms with Gasteiger partial charge in [0.1, 0.15) is 0 Å². The van der Waals surface area contributed by atoms with Crippen molar-refractivity contribution in [3.63, 3.8) is 0 Å². The summed E-state index contributed by atoms with van der Waals surface area (Å²) in [5.74, 6) is 0.921. The summed E-state index contributed by atoms with van der Waals surface area (Å²) < 4.78 is 0. The molecule has 1 aliphatic carbocycles. The molecule has 78 valence electrons. The number of hydrogen-bond donors (Lipinski definition) is 1. The Morgan fingerprint density at radius 2 is 2.21 bits per heavy atom. The third-order valence-corrected chi connectivity index (χ3v) is 3.97. The van der Waals surface area contributed by atoms with Crippen LogP contribution in [0.4, 0.5) is 0 Å². The monoisotopic (exact) mass is 210 g/mol. The average molecular weight is 210 g/mol. The fourth-order valence-electron chi connectivity index (χ4n) is 1.94. The molecule has 0 spiro atoms. The summed E-state index contributed by atoms with van der Waals surface area (Å²) in [6.07, 6.45) is 4.69. The second-order valence-electron chi connectivity index (χ2n) is 4.41. The van der Waals surface area contributed by atoms with E-state index in [1.54, 1.807) is 11.3 Å². The van der Waals surface area contributed by atoms with Crippen LogP contribution in [0.25, 0.3) is 0 Å². The Morgan fingerprint density at radius 3 is 2.71 bits per heavy atom. The van der Waals surface area contributed by atoms with Crippen LogP contribution in [0, 0.1) is 19.8 Å². The molecule has 0 radical (unpaired) electrons. The molecular formula is C12H18OS. The first-order chi connectivity index (χ1) is 6.66. The molecule has 1 atom stereocenters. The van der Waals surface area contributed by atoms with Gasteiger partial charge in [-0.3, -0.25) is 0 Å². The van der Waals surface area contributed by atoms with Crippen LogP contribution >= 0.6 is 11.3 Å². The molecule has 1 heterocycles. The second kappa shape index (κ2) is 4.03. The van der Waals surface area contributed by atoms with Gasteiger partial charge in [0.2, 0.25) is 0 Å². The smallest absolute Gasteiger partial charge is 0.0800 e. The van der Waals surface area contributed by atoms with Gasteiger partial charge in [0, 0.05) is 9.75 Å². The molecular weight excluding hydrogens is 192 g/mol. The van der Waals surface area contributed by atoms with E-state index in [-0.39, 0.29) is 6.10 Å². The first kappa shape index (κ1) is 10.2. The van der Waals surface area contributed by atoms with Crippen LogP contribution in [0.5, 0.6) is 0 Å². The van der Waals surface area contributed by atoms with Gasteiger partial charge >= 0.3 is 0 Å². The molecule has 1 N–H and O–H groups in total. The minimum atomic E-state index is -0.222. The minimum Gasteiger partial charge on any atom is -0.388 e. The number of hydrogen-bond acceptors (Lipinski definition) is 2. The summed E-state index contributed by atoms with van der Waals surface area (Å²) in [6, 6.07) is 2.14. The normalized spacial score (nSPS) is 18.5. The van der Waals surface area contributed by atoms with Crippen LogP contribution in [-0.2, 0) is 0 Å². The van der Waals surface area contributed by atoms with E-state index in [4.69, 9.17) is 0 Å². The van der Waals surface area contributed by atoms with Crippen LogP contribution < -0.4 is 0 Å². The molecule has 0 amide bonds. The Balaban J connectivity index is 1.94. The highest BCUT2D eigenvalue weighted by Crippen LogP contribution is 2.37. The summed E-state index contributed by atoms with van der Waals surface area (Å²) in [5.41, 5.74) is 1.16. The van der Waals surface area contributed by atoms with Crippen LogP contribution in [0.1, 0.15) is 47.1 Å². The molecule has 2 heteroatoms. The van der Waals surface area contributed by atoms with Crippen LogP contribution in [0.15, 0.2) is 6.07 Å². The van der Waals surface area contributed by atoms with Gasteiger partial charge in [0.05, 0.1) is 6.10 Å². The zero-order valence-corrected chi connectivity index (χ0v) is 9.73. The lowest BCUT2D eigenvalue weighted by Gasteiger charge is -2.09. The highest BCUT2D eigenvalue weighted by Gasteiger charge is 2.23. The topological polar surface area (TPSA) is 20.2 Å². The van der Waals surface area contributed by atoms with Crippen LogP contribution in [0.3, 0.4) is 0 Å². The molecule has 1 aromatic rings. The Morgan fingerprint density at radius 1 is 1.50 bits per heavy atom. The van der Waals surface area contributed by atoms with Gasteiger partial charge in [-0.15, -0.1) is 11.3 Å². The number of aliphatic hydroxyl groups is 1. The summed E-state index contributed by atoms with van der Waals surface area (Å²) in [6.45, 7) is 4.21. The lowest BCUT2D eigenvalue weighted by molar-refractivity contribution is 0.162. The van der Waals surface area contributed by atoms with Crippen molar-refractivity contribution < 1.29 is 5.11 Å². The summed E-state index contributed by atoms with van der Waals surface area (Å²) >= 11 is 1.79. The van der Waals surface area contributed by atoms with E-state index >= 15 is 0 Å². The standard InChI is InChI=1S/C12H18OS/c1-8-7-11(9(2)14-8)12(13)6-5-10-3-4-10/h7,10,12-13H,3-6H2,1-2H3. The van der Waals surface area contributed by atoms with Gasteiger partial charge in [0.15, 0.2) is 0 Å². The lowest BCUT2D eigenvalue weighted by Crippen LogP contribution is -1.97. The average Bonchev–Trinajstić information content (AvgIpc) is 2.88. The van der Waals surface area contributed by atoms with E-state index in [1.807, 2.05) is 0 Å². The zero-order valence-electron chi connectivity index (χ0n) is 8.92. The maximum Gasteiger partial charge on any atom is 0.0800 e. The molecule has 1 saturated carbocycles. The SMILES string of the molecule is Cc1cc(C(O)CCC2CC2)c(C)s1. The Bertz CT molecular complexity index is 312. The Kier molecular flexibility index (Phi) is 2.93. The summed E-state index contributed by atoms with van der Waals surface area (Å²) in [4.78, 5) is 2.59. The predicted octanol–water partition coefficient (Wildman–Crippen LogP) is 3.59. The van der Waals surface area contributed by atoms with E-state index < -0.39 is 0 Å². The maximum atomic E-state index is 10.00. The molecule has 1 unspecified atom stereocenters. The van der Waals surface area contributed by atoms with Gasteiger partial charge in [-0.05, 0) is 44.2 Å². The van der Waals surface area contributed by atoms with E-state index in [1.165, 1.54) is 29.0 Å². The highest BCUT2D eigenvalue weighted by atomic mass is 32.1. The number of aryl methyl sites for hydroxylation is 2. The van der Waals surface area contributed by atoms with Crippen LogP contribution in [-0.4, -0.2) is 5.11 Å². The first-order valence-corrected chi connectivity index (χ1v) is 6.23. The quantitative estimate of drug-likeness (QED) is 0.805. The number of aliphatic hydroxyl groups excluding tert-OH is 1. The third kappa shape index (κ3) is 2.37. The Labute approximate surface area is 89.8 Å². The van der Waals surface area contributed by atoms with Crippen molar-refractivity contribution in [2.45, 2.75) is 45.6 Å². The molecule has 2 rings (SSSR count). The van der Waals surface area contributed by atoms with Crippen molar-refractivity contribution in [1.29, 1.82) is 0 Å². The largest absolute Gasteiger partial charge is 0.388 e. The molecule has 0 aliphatic heterocycles. The van der Waals surface area contributed by atoms with Crippen molar-refractivity contribution in [3.8, 4) is 0 Å². The number of rotatable bonds is 4. The van der Waals surface area contributed by atoms with E-state index in [9.17, 15) is 5.11 Å². The third-order valence-electron chi connectivity index (χ3n) is 2.98. The summed E-state index contributed by atoms with van der Waals surface area (Å²) in [7, 11) is 0. The molecule has 1 aliphatic rings. The summed E-state index contributed by atoms with van der Waals surface area (Å²) in [5, 5.41) is 10.00. The van der Waals surface area contributed by atoms with Gasteiger partial charge in [-0.2, -0.15) is 0 Å². The van der Waals surface area contributed by atoms with E-state index in [0.717, 1.165) is 17.9 Å². The van der Waals surface area contributed by atoms with Crippen molar-refractivity contribution in [2.24, 2.45) is 5.92 Å². The first-order valence-electron chi connectivity index (χ1n) is 5.42. The molecule has 0 aromatic carbocycles. The zero-order chi connectivity index (χ0) is 10.1. The van der Waals surface area contributed by atoms with Crippen molar-refractivity contribution >= 4 is 11.3 Å². The minimum absolute atomic E-state index is 0.222. The van der Waals surface area contributed by atoms with Crippen LogP contribution in [0.2, 0.25) is 0 Å². The van der Waals surface area contributed by atoms with Gasteiger partial charge in [-0.1, -0.05) is 12.8 Å². The van der Waals surface area contributed by atoms with Crippen molar-refractivity contribution in [3.05, 3.63) is 21.4 Å². The molecule has 1 fully saturated rings.